The molecule has 0 saturated heterocycles. The maximum atomic E-state index is 13.9. The third-order valence-corrected chi connectivity index (χ3v) is 3.76. The summed E-state index contributed by atoms with van der Waals surface area (Å²) in [4.78, 5) is 13.9. The van der Waals surface area contributed by atoms with Crippen molar-refractivity contribution in [2.45, 2.75) is 20.8 Å². The molecular formula is C14H12F2OS. The van der Waals surface area contributed by atoms with Crippen LogP contribution in [0.2, 0.25) is 0 Å². The highest BCUT2D eigenvalue weighted by molar-refractivity contribution is 7.12. The second-order valence-corrected chi connectivity index (χ2v) is 5.67. The van der Waals surface area contributed by atoms with Gasteiger partial charge in [0.2, 0.25) is 0 Å². The summed E-state index contributed by atoms with van der Waals surface area (Å²) in [5.41, 5.74) is 0.182. The number of aryl methyl sites for hydroxylation is 3. The Balaban J connectivity index is 2.60. The number of benzene rings is 1. The van der Waals surface area contributed by atoms with Crippen LogP contribution in [-0.2, 0) is 0 Å². The Hall–Kier alpha value is -1.55. The monoisotopic (exact) mass is 266 g/mol. The fourth-order valence-corrected chi connectivity index (χ4v) is 2.78. The lowest BCUT2D eigenvalue weighted by Gasteiger charge is -2.06. The molecule has 0 aliphatic rings. The highest BCUT2D eigenvalue weighted by Crippen LogP contribution is 2.26. The highest BCUT2D eigenvalue weighted by atomic mass is 32.1. The minimum absolute atomic E-state index is 0.268. The molecule has 2 aromatic rings. The fourth-order valence-electron chi connectivity index (χ4n) is 1.86. The van der Waals surface area contributed by atoms with E-state index in [0.717, 1.165) is 15.8 Å². The van der Waals surface area contributed by atoms with Crippen LogP contribution in [-0.4, -0.2) is 5.78 Å². The average molecular weight is 266 g/mol. The molecule has 0 saturated carbocycles. The predicted octanol–water partition coefficient (Wildman–Crippen LogP) is 4.18. The van der Waals surface area contributed by atoms with Gasteiger partial charge in [-0.2, -0.15) is 0 Å². The topological polar surface area (TPSA) is 17.1 Å². The molecule has 0 bridgehead atoms. The van der Waals surface area contributed by atoms with Gasteiger partial charge < -0.3 is 0 Å². The Morgan fingerprint density at radius 3 is 2.39 bits per heavy atom. The summed E-state index contributed by atoms with van der Waals surface area (Å²) in [6.45, 7) is 5.14. The number of ketones is 1. The number of thiophene rings is 1. The molecule has 4 heteroatoms. The molecule has 0 radical (unpaired) electrons. The first-order valence-corrected chi connectivity index (χ1v) is 6.29. The van der Waals surface area contributed by atoms with Gasteiger partial charge in [0, 0.05) is 15.3 Å². The summed E-state index contributed by atoms with van der Waals surface area (Å²) < 4.78 is 27.5. The molecule has 1 aromatic heterocycles. The molecule has 0 aliphatic heterocycles. The molecule has 0 unspecified atom stereocenters. The molecule has 1 heterocycles. The summed E-state index contributed by atoms with van der Waals surface area (Å²) in [5, 5.41) is 0. The number of hydrogen-bond acceptors (Lipinski definition) is 2. The second kappa shape index (κ2) is 4.61. The van der Waals surface area contributed by atoms with Crippen molar-refractivity contribution in [3.63, 3.8) is 0 Å². The molecule has 0 N–H and O–H groups in total. The largest absolute Gasteiger partial charge is 0.288 e. The van der Waals surface area contributed by atoms with Crippen molar-refractivity contribution in [3.8, 4) is 0 Å². The standard InChI is InChI=1S/C14H12F2OS/c1-7-4-5-11(15)12(13(7)16)14(17)10-6-8(2)18-9(10)3/h4-6H,1-3H3. The molecule has 1 aromatic carbocycles. The van der Waals surface area contributed by atoms with E-state index >= 15 is 0 Å². The van der Waals surface area contributed by atoms with Crippen LogP contribution in [0.1, 0.15) is 31.2 Å². The van der Waals surface area contributed by atoms with Crippen molar-refractivity contribution in [1.29, 1.82) is 0 Å². The lowest BCUT2D eigenvalue weighted by molar-refractivity contribution is 0.103. The zero-order valence-electron chi connectivity index (χ0n) is 10.3. The third-order valence-electron chi connectivity index (χ3n) is 2.80. The van der Waals surface area contributed by atoms with Gasteiger partial charge in [-0.05, 0) is 38.5 Å². The Morgan fingerprint density at radius 2 is 1.83 bits per heavy atom. The van der Waals surface area contributed by atoms with Crippen LogP contribution >= 0.6 is 11.3 Å². The summed E-state index contributed by atoms with van der Waals surface area (Å²) >= 11 is 1.44. The van der Waals surface area contributed by atoms with Crippen molar-refractivity contribution in [1.82, 2.24) is 0 Å². The van der Waals surface area contributed by atoms with Crippen LogP contribution < -0.4 is 0 Å². The smallest absolute Gasteiger partial charge is 0.200 e. The average Bonchev–Trinajstić information content (AvgIpc) is 2.63. The predicted molar refractivity (Wildman–Crippen MR) is 68.3 cm³/mol. The van der Waals surface area contributed by atoms with E-state index in [1.165, 1.54) is 24.3 Å². The normalized spacial score (nSPS) is 10.7. The first kappa shape index (κ1) is 12.9. The lowest BCUT2D eigenvalue weighted by Crippen LogP contribution is -2.09. The number of halogens is 2. The SMILES string of the molecule is Cc1cc(C(=O)c2c(F)ccc(C)c2F)c(C)s1. The van der Waals surface area contributed by atoms with Gasteiger partial charge >= 0.3 is 0 Å². The van der Waals surface area contributed by atoms with Crippen LogP contribution in [0.4, 0.5) is 8.78 Å². The fraction of sp³-hybridized carbons (Fsp3) is 0.214. The molecule has 1 nitrogen and oxygen atoms in total. The van der Waals surface area contributed by atoms with E-state index in [1.54, 1.807) is 13.0 Å². The molecule has 0 amide bonds. The van der Waals surface area contributed by atoms with Gasteiger partial charge in [0.25, 0.3) is 0 Å². The summed E-state index contributed by atoms with van der Waals surface area (Å²) in [6.07, 6.45) is 0. The molecule has 94 valence electrons. The van der Waals surface area contributed by atoms with Gasteiger partial charge in [0.1, 0.15) is 11.6 Å². The Kier molecular flexibility index (Phi) is 3.30. The first-order chi connectivity index (χ1) is 8.41. The molecule has 2 rings (SSSR count). The van der Waals surface area contributed by atoms with Crippen LogP contribution in [0, 0.1) is 32.4 Å². The van der Waals surface area contributed by atoms with Gasteiger partial charge in [-0.1, -0.05) is 6.07 Å². The van der Waals surface area contributed by atoms with Crippen molar-refractivity contribution < 1.29 is 13.6 Å². The Morgan fingerprint density at radius 1 is 1.17 bits per heavy atom. The summed E-state index contributed by atoms with van der Waals surface area (Å²) in [6, 6.07) is 4.12. The molecule has 0 atom stereocenters. The minimum atomic E-state index is -0.814. The Labute approximate surface area is 108 Å². The van der Waals surface area contributed by atoms with Crippen molar-refractivity contribution in [3.05, 3.63) is 56.3 Å². The molecule has 0 fully saturated rings. The zero-order valence-corrected chi connectivity index (χ0v) is 11.1. The summed E-state index contributed by atoms with van der Waals surface area (Å²) in [5.74, 6) is -2.18. The number of carbonyl (C=O) groups excluding carboxylic acids is 1. The maximum Gasteiger partial charge on any atom is 0.200 e. The van der Waals surface area contributed by atoms with Gasteiger partial charge in [0.05, 0.1) is 5.56 Å². The van der Waals surface area contributed by atoms with Crippen molar-refractivity contribution in [2.24, 2.45) is 0 Å². The van der Waals surface area contributed by atoms with Gasteiger partial charge in [-0.3, -0.25) is 4.79 Å². The summed E-state index contributed by atoms with van der Waals surface area (Å²) in [7, 11) is 0. The molecule has 0 spiro atoms. The van der Waals surface area contributed by atoms with E-state index in [4.69, 9.17) is 0 Å². The molecular weight excluding hydrogens is 254 g/mol. The van der Waals surface area contributed by atoms with Gasteiger partial charge in [-0.15, -0.1) is 11.3 Å². The van der Waals surface area contributed by atoms with Crippen LogP contribution in [0.25, 0.3) is 0 Å². The number of hydrogen-bond donors (Lipinski definition) is 0. The van der Waals surface area contributed by atoms with Crippen LogP contribution in [0.15, 0.2) is 18.2 Å². The highest BCUT2D eigenvalue weighted by Gasteiger charge is 2.22. The van der Waals surface area contributed by atoms with Crippen LogP contribution in [0.5, 0.6) is 0 Å². The quantitative estimate of drug-likeness (QED) is 0.745. The number of carbonyl (C=O) groups is 1. The van der Waals surface area contributed by atoms with Crippen molar-refractivity contribution in [2.75, 3.05) is 0 Å². The van der Waals surface area contributed by atoms with Gasteiger partial charge in [-0.25, -0.2) is 8.78 Å². The first-order valence-electron chi connectivity index (χ1n) is 5.48. The zero-order chi connectivity index (χ0) is 13.4. The maximum absolute atomic E-state index is 13.9. The van der Waals surface area contributed by atoms with Crippen molar-refractivity contribution >= 4 is 17.1 Å². The third kappa shape index (κ3) is 2.08. The lowest BCUT2D eigenvalue weighted by atomic mass is 10.0. The van der Waals surface area contributed by atoms with Crippen LogP contribution in [0.3, 0.4) is 0 Å². The van der Waals surface area contributed by atoms with E-state index < -0.39 is 23.0 Å². The van der Waals surface area contributed by atoms with Gasteiger partial charge in [0.15, 0.2) is 5.78 Å². The minimum Gasteiger partial charge on any atom is -0.288 e. The van der Waals surface area contributed by atoms with E-state index in [-0.39, 0.29) is 5.56 Å². The van der Waals surface area contributed by atoms with E-state index in [1.807, 2.05) is 6.92 Å². The number of rotatable bonds is 2. The second-order valence-electron chi connectivity index (χ2n) is 4.21. The molecule has 18 heavy (non-hydrogen) atoms. The molecule has 0 aliphatic carbocycles. The van der Waals surface area contributed by atoms with E-state index in [2.05, 4.69) is 0 Å². The van der Waals surface area contributed by atoms with E-state index in [9.17, 15) is 13.6 Å². The van der Waals surface area contributed by atoms with E-state index in [0.29, 0.717) is 5.56 Å². The Bertz CT molecular complexity index is 629.